The Hall–Kier alpha value is -2.16. The predicted molar refractivity (Wildman–Crippen MR) is 64.1 cm³/mol. The second-order valence-electron chi connectivity index (χ2n) is 3.76. The van der Waals surface area contributed by atoms with Crippen molar-refractivity contribution in [3.8, 4) is 11.3 Å². The van der Waals surface area contributed by atoms with E-state index >= 15 is 0 Å². The van der Waals surface area contributed by atoms with Gasteiger partial charge >= 0.3 is 0 Å². The van der Waals surface area contributed by atoms with Crippen LogP contribution in [0.5, 0.6) is 0 Å². The average molecular weight is 209 g/mol. The minimum Gasteiger partial charge on any atom is -0.346 e. The molecule has 3 heterocycles. The standard InChI is InChI=1S/C13H11N3/c1-9-3-2-4-12(16-9)10-5-7-14-13-11(10)6-8-15-13/h2-8H,1H3,(H,14,15). The van der Waals surface area contributed by atoms with E-state index in [0.717, 1.165) is 28.0 Å². The summed E-state index contributed by atoms with van der Waals surface area (Å²) in [7, 11) is 0. The van der Waals surface area contributed by atoms with E-state index in [-0.39, 0.29) is 0 Å². The Morgan fingerprint density at radius 3 is 2.94 bits per heavy atom. The largest absolute Gasteiger partial charge is 0.346 e. The van der Waals surface area contributed by atoms with Crippen molar-refractivity contribution in [2.24, 2.45) is 0 Å². The zero-order chi connectivity index (χ0) is 11.0. The maximum atomic E-state index is 4.53. The first kappa shape index (κ1) is 9.09. The van der Waals surface area contributed by atoms with E-state index in [1.165, 1.54) is 0 Å². The number of fused-ring (bicyclic) bond motifs is 1. The van der Waals surface area contributed by atoms with Crippen LogP contribution in [0.2, 0.25) is 0 Å². The molecule has 0 aliphatic rings. The van der Waals surface area contributed by atoms with E-state index in [0.29, 0.717) is 0 Å². The second-order valence-corrected chi connectivity index (χ2v) is 3.76. The van der Waals surface area contributed by atoms with Gasteiger partial charge in [-0.15, -0.1) is 0 Å². The third-order valence-electron chi connectivity index (χ3n) is 2.62. The number of nitrogens with one attached hydrogen (secondary N) is 1. The zero-order valence-corrected chi connectivity index (χ0v) is 8.94. The molecule has 0 unspecified atom stereocenters. The van der Waals surface area contributed by atoms with Crippen molar-refractivity contribution in [1.82, 2.24) is 15.0 Å². The number of nitrogens with zero attached hydrogens (tertiary/aromatic N) is 2. The smallest absolute Gasteiger partial charge is 0.137 e. The summed E-state index contributed by atoms with van der Waals surface area (Å²) in [5, 5.41) is 1.11. The SMILES string of the molecule is Cc1cccc(-c2ccnc3[nH]ccc23)n1. The van der Waals surface area contributed by atoms with Crippen molar-refractivity contribution in [2.45, 2.75) is 6.92 Å². The summed E-state index contributed by atoms with van der Waals surface area (Å²) in [4.78, 5) is 11.9. The highest BCUT2D eigenvalue weighted by molar-refractivity contribution is 5.91. The van der Waals surface area contributed by atoms with E-state index in [4.69, 9.17) is 0 Å². The summed E-state index contributed by atoms with van der Waals surface area (Å²) in [6, 6.07) is 10.1. The number of hydrogen-bond acceptors (Lipinski definition) is 2. The highest BCUT2D eigenvalue weighted by atomic mass is 14.8. The van der Waals surface area contributed by atoms with Crippen LogP contribution in [-0.2, 0) is 0 Å². The zero-order valence-electron chi connectivity index (χ0n) is 8.94. The molecular formula is C13H11N3. The molecule has 0 fully saturated rings. The molecule has 0 aliphatic carbocycles. The fourth-order valence-corrected chi connectivity index (χ4v) is 1.88. The normalized spacial score (nSPS) is 10.8. The molecule has 0 aliphatic heterocycles. The lowest BCUT2D eigenvalue weighted by Gasteiger charge is -2.03. The molecule has 0 aromatic carbocycles. The molecule has 1 N–H and O–H groups in total. The molecule has 3 nitrogen and oxygen atoms in total. The van der Waals surface area contributed by atoms with Gasteiger partial charge in [0.15, 0.2) is 0 Å². The summed E-state index contributed by atoms with van der Waals surface area (Å²) < 4.78 is 0. The Morgan fingerprint density at radius 2 is 2.06 bits per heavy atom. The third-order valence-corrected chi connectivity index (χ3v) is 2.62. The van der Waals surface area contributed by atoms with Crippen LogP contribution in [0.4, 0.5) is 0 Å². The van der Waals surface area contributed by atoms with Gasteiger partial charge in [0.25, 0.3) is 0 Å². The third kappa shape index (κ3) is 1.37. The van der Waals surface area contributed by atoms with E-state index in [9.17, 15) is 0 Å². The molecule has 3 aromatic rings. The van der Waals surface area contributed by atoms with Crippen molar-refractivity contribution in [3.63, 3.8) is 0 Å². The Bertz CT molecular complexity index is 640. The molecule has 3 rings (SSSR count). The van der Waals surface area contributed by atoms with E-state index in [2.05, 4.69) is 15.0 Å². The number of pyridine rings is 2. The van der Waals surface area contributed by atoms with Crippen LogP contribution in [0.25, 0.3) is 22.3 Å². The molecule has 0 amide bonds. The highest BCUT2D eigenvalue weighted by Crippen LogP contribution is 2.25. The van der Waals surface area contributed by atoms with Gasteiger partial charge in [0.05, 0.1) is 5.69 Å². The Morgan fingerprint density at radius 1 is 1.12 bits per heavy atom. The first-order valence-electron chi connectivity index (χ1n) is 5.21. The predicted octanol–water partition coefficient (Wildman–Crippen LogP) is 2.93. The summed E-state index contributed by atoms with van der Waals surface area (Å²) in [5.74, 6) is 0. The van der Waals surface area contributed by atoms with E-state index in [1.54, 1.807) is 6.20 Å². The van der Waals surface area contributed by atoms with E-state index < -0.39 is 0 Å². The molecule has 0 saturated heterocycles. The van der Waals surface area contributed by atoms with Crippen LogP contribution in [-0.4, -0.2) is 15.0 Å². The number of aromatic nitrogens is 3. The van der Waals surface area contributed by atoms with Gasteiger partial charge in [-0.2, -0.15) is 0 Å². The quantitative estimate of drug-likeness (QED) is 0.669. The number of aryl methyl sites for hydroxylation is 1. The van der Waals surface area contributed by atoms with Gasteiger partial charge in [-0.25, -0.2) is 4.98 Å². The van der Waals surface area contributed by atoms with E-state index in [1.807, 2.05) is 43.5 Å². The molecule has 0 atom stereocenters. The van der Waals surface area contributed by atoms with Crippen molar-refractivity contribution >= 4 is 11.0 Å². The molecule has 0 spiro atoms. The Kier molecular flexibility index (Phi) is 1.96. The number of hydrogen-bond donors (Lipinski definition) is 1. The fraction of sp³-hybridized carbons (Fsp3) is 0.0769. The van der Waals surface area contributed by atoms with Crippen LogP contribution in [0.3, 0.4) is 0 Å². The van der Waals surface area contributed by atoms with Crippen LogP contribution in [0, 0.1) is 6.92 Å². The maximum Gasteiger partial charge on any atom is 0.137 e. The van der Waals surface area contributed by atoms with Gasteiger partial charge < -0.3 is 4.98 Å². The number of H-pyrrole nitrogens is 1. The van der Waals surface area contributed by atoms with Crippen molar-refractivity contribution in [3.05, 3.63) is 48.4 Å². The first-order valence-corrected chi connectivity index (χ1v) is 5.21. The number of rotatable bonds is 1. The minimum atomic E-state index is 0.904. The van der Waals surface area contributed by atoms with Gasteiger partial charge in [0, 0.05) is 29.0 Å². The lowest BCUT2D eigenvalue weighted by Crippen LogP contribution is -1.87. The summed E-state index contributed by atoms with van der Waals surface area (Å²) in [5.41, 5.74) is 4.04. The van der Waals surface area contributed by atoms with Crippen molar-refractivity contribution < 1.29 is 0 Å². The van der Waals surface area contributed by atoms with Gasteiger partial charge in [0.2, 0.25) is 0 Å². The molecule has 78 valence electrons. The summed E-state index contributed by atoms with van der Waals surface area (Å²) >= 11 is 0. The molecule has 3 aromatic heterocycles. The lowest BCUT2D eigenvalue weighted by molar-refractivity contribution is 1.20. The van der Waals surface area contributed by atoms with Crippen molar-refractivity contribution in [1.29, 1.82) is 0 Å². The van der Waals surface area contributed by atoms with Crippen molar-refractivity contribution in [2.75, 3.05) is 0 Å². The average Bonchev–Trinajstić information content (AvgIpc) is 2.76. The van der Waals surface area contributed by atoms with Crippen LogP contribution < -0.4 is 0 Å². The first-order chi connectivity index (χ1) is 7.84. The second kappa shape index (κ2) is 3.45. The van der Waals surface area contributed by atoms with Crippen LogP contribution >= 0.6 is 0 Å². The van der Waals surface area contributed by atoms with Gasteiger partial charge in [-0.1, -0.05) is 6.07 Å². The van der Waals surface area contributed by atoms with Crippen LogP contribution in [0.15, 0.2) is 42.7 Å². The van der Waals surface area contributed by atoms with Gasteiger partial charge in [0.1, 0.15) is 5.65 Å². The number of aromatic amines is 1. The lowest BCUT2D eigenvalue weighted by atomic mass is 10.1. The summed E-state index contributed by atoms with van der Waals surface area (Å²) in [6.07, 6.45) is 3.70. The fourth-order valence-electron chi connectivity index (χ4n) is 1.88. The highest BCUT2D eigenvalue weighted by Gasteiger charge is 2.05. The molecule has 16 heavy (non-hydrogen) atoms. The monoisotopic (exact) mass is 209 g/mol. The molecular weight excluding hydrogens is 198 g/mol. The van der Waals surface area contributed by atoms with Gasteiger partial charge in [-0.05, 0) is 31.2 Å². The summed E-state index contributed by atoms with van der Waals surface area (Å²) in [6.45, 7) is 2.00. The molecule has 0 radical (unpaired) electrons. The molecule has 0 saturated carbocycles. The molecule has 3 heteroatoms. The minimum absolute atomic E-state index is 0.904. The van der Waals surface area contributed by atoms with Crippen LogP contribution in [0.1, 0.15) is 5.69 Å². The Balaban J connectivity index is 2.29. The molecule has 0 bridgehead atoms. The topological polar surface area (TPSA) is 41.6 Å². The maximum absolute atomic E-state index is 4.53. The van der Waals surface area contributed by atoms with Gasteiger partial charge in [-0.3, -0.25) is 4.98 Å². The Labute approximate surface area is 93.2 Å².